The molecule has 1 aliphatic carbocycles. The number of quaternary nitrogens is 1. The van der Waals surface area contributed by atoms with Crippen molar-refractivity contribution >= 4 is 22.9 Å². The average Bonchev–Trinajstić information content (AvgIpc) is 3.10. The first-order valence-electron chi connectivity index (χ1n) is 10.3. The van der Waals surface area contributed by atoms with Crippen LogP contribution in [-0.2, 0) is 17.8 Å². The summed E-state index contributed by atoms with van der Waals surface area (Å²) in [6.45, 7) is 5.65. The highest BCUT2D eigenvalue weighted by Gasteiger charge is 2.33. The van der Waals surface area contributed by atoms with Gasteiger partial charge in [0.25, 0.3) is 0 Å². The molecule has 1 aromatic heterocycles. The molecule has 1 saturated heterocycles. The van der Waals surface area contributed by atoms with Crippen LogP contribution in [0.1, 0.15) is 48.4 Å². The number of fused-ring (bicyclic) bond motifs is 1. The SMILES string of the molecule is Cc1ccc(NC(=O)Cc2nc(C[NH+]3CC[C@H]4CCCC[C@@H]4C3)cs2)cc1. The second-order valence-electron chi connectivity index (χ2n) is 8.30. The van der Waals surface area contributed by atoms with E-state index < -0.39 is 0 Å². The predicted molar refractivity (Wildman–Crippen MR) is 110 cm³/mol. The van der Waals surface area contributed by atoms with Crippen LogP contribution in [0.15, 0.2) is 29.6 Å². The maximum atomic E-state index is 12.3. The van der Waals surface area contributed by atoms with Crippen molar-refractivity contribution in [2.75, 3.05) is 18.4 Å². The number of nitrogens with zero attached hydrogens (tertiary/aromatic N) is 1. The Morgan fingerprint density at radius 1 is 1.19 bits per heavy atom. The Morgan fingerprint density at radius 2 is 1.96 bits per heavy atom. The smallest absolute Gasteiger partial charge is 0.231 e. The molecule has 4 rings (SSSR count). The Balaban J connectivity index is 1.28. The quantitative estimate of drug-likeness (QED) is 0.831. The standard InChI is InChI=1S/C22H29N3OS/c1-16-6-8-19(9-7-16)23-21(26)12-22-24-20(15-27-22)14-25-11-10-17-4-2-3-5-18(17)13-25/h6-9,15,17-18H,2-5,10-14H2,1H3,(H,23,26)/p+1/t17-,18-/m1/s1. The van der Waals surface area contributed by atoms with Crippen molar-refractivity contribution in [3.05, 3.63) is 45.9 Å². The molecule has 0 spiro atoms. The Hall–Kier alpha value is -1.72. The van der Waals surface area contributed by atoms with Gasteiger partial charge in [-0.25, -0.2) is 4.98 Å². The van der Waals surface area contributed by atoms with Crippen molar-refractivity contribution in [2.24, 2.45) is 11.8 Å². The van der Waals surface area contributed by atoms with E-state index in [1.54, 1.807) is 16.2 Å². The van der Waals surface area contributed by atoms with Crippen LogP contribution >= 0.6 is 11.3 Å². The molecule has 5 heteroatoms. The molecular formula is C22H30N3OS+. The van der Waals surface area contributed by atoms with Gasteiger partial charge >= 0.3 is 0 Å². The van der Waals surface area contributed by atoms with Crippen LogP contribution in [0, 0.1) is 18.8 Å². The van der Waals surface area contributed by atoms with E-state index in [2.05, 4.69) is 10.7 Å². The summed E-state index contributed by atoms with van der Waals surface area (Å²) in [7, 11) is 0. The van der Waals surface area contributed by atoms with E-state index in [0.29, 0.717) is 6.42 Å². The van der Waals surface area contributed by atoms with Gasteiger partial charge in [0, 0.05) is 17.0 Å². The van der Waals surface area contributed by atoms with E-state index in [0.717, 1.165) is 34.8 Å². The molecule has 0 radical (unpaired) electrons. The molecule has 27 heavy (non-hydrogen) atoms. The van der Waals surface area contributed by atoms with Gasteiger partial charge in [-0.05, 0) is 44.2 Å². The highest BCUT2D eigenvalue weighted by molar-refractivity contribution is 7.09. The number of anilines is 1. The largest absolute Gasteiger partial charge is 0.330 e. The van der Waals surface area contributed by atoms with Crippen molar-refractivity contribution < 1.29 is 9.69 Å². The van der Waals surface area contributed by atoms with Gasteiger partial charge < -0.3 is 10.2 Å². The molecule has 4 nitrogen and oxygen atoms in total. The first kappa shape index (κ1) is 18.6. The minimum absolute atomic E-state index is 0.00937. The van der Waals surface area contributed by atoms with E-state index in [1.807, 2.05) is 31.2 Å². The fourth-order valence-corrected chi connectivity index (χ4v) is 5.50. The van der Waals surface area contributed by atoms with Crippen LogP contribution in [-0.4, -0.2) is 24.0 Å². The van der Waals surface area contributed by atoms with Gasteiger partial charge in [0.1, 0.15) is 17.2 Å². The fourth-order valence-electron chi connectivity index (χ4n) is 4.70. The van der Waals surface area contributed by atoms with E-state index in [4.69, 9.17) is 4.98 Å². The lowest BCUT2D eigenvalue weighted by Crippen LogP contribution is -3.12. The number of piperidine rings is 1. The van der Waals surface area contributed by atoms with Gasteiger partial charge in [-0.15, -0.1) is 11.3 Å². The van der Waals surface area contributed by atoms with Crippen LogP contribution in [0.25, 0.3) is 0 Å². The first-order chi connectivity index (χ1) is 13.2. The molecule has 1 aliphatic heterocycles. The molecule has 2 aliphatic rings. The van der Waals surface area contributed by atoms with Crippen LogP contribution in [0.3, 0.4) is 0 Å². The lowest BCUT2D eigenvalue weighted by molar-refractivity contribution is -0.924. The number of rotatable bonds is 5. The van der Waals surface area contributed by atoms with Gasteiger partial charge in [-0.1, -0.05) is 30.5 Å². The molecule has 2 N–H and O–H groups in total. The number of likely N-dealkylation sites (tertiary alicyclic amines) is 1. The van der Waals surface area contributed by atoms with Crippen molar-refractivity contribution in [2.45, 2.75) is 52.0 Å². The predicted octanol–water partition coefficient (Wildman–Crippen LogP) is 3.23. The minimum atomic E-state index is 0.00937. The van der Waals surface area contributed by atoms with Crippen molar-refractivity contribution in [3.63, 3.8) is 0 Å². The number of hydrogen-bond donors (Lipinski definition) is 2. The molecule has 2 aromatic rings. The molecular weight excluding hydrogens is 354 g/mol. The van der Waals surface area contributed by atoms with E-state index in [-0.39, 0.29) is 5.91 Å². The molecule has 2 fully saturated rings. The topological polar surface area (TPSA) is 46.4 Å². The first-order valence-corrected chi connectivity index (χ1v) is 11.2. The minimum Gasteiger partial charge on any atom is -0.330 e. The Kier molecular flexibility index (Phi) is 5.89. The summed E-state index contributed by atoms with van der Waals surface area (Å²) in [4.78, 5) is 18.7. The number of hydrogen-bond acceptors (Lipinski definition) is 3. The summed E-state index contributed by atoms with van der Waals surface area (Å²) >= 11 is 1.62. The lowest BCUT2D eigenvalue weighted by atomic mass is 9.75. The summed E-state index contributed by atoms with van der Waals surface area (Å²) in [6, 6.07) is 7.91. The molecule has 144 valence electrons. The summed E-state index contributed by atoms with van der Waals surface area (Å²) in [5.74, 6) is 1.93. The zero-order chi connectivity index (χ0) is 18.6. The zero-order valence-electron chi connectivity index (χ0n) is 16.2. The monoisotopic (exact) mass is 384 g/mol. The van der Waals surface area contributed by atoms with Crippen LogP contribution in [0.2, 0.25) is 0 Å². The normalized spacial score (nSPS) is 25.0. The van der Waals surface area contributed by atoms with Gasteiger partial charge in [0.15, 0.2) is 0 Å². The Labute approximate surface area is 166 Å². The number of carbonyl (C=O) groups excluding carboxylic acids is 1. The number of aryl methyl sites for hydroxylation is 1. The third kappa shape index (κ3) is 4.96. The number of thiazole rings is 1. The van der Waals surface area contributed by atoms with Crippen molar-refractivity contribution in [3.8, 4) is 0 Å². The summed E-state index contributed by atoms with van der Waals surface area (Å²) in [5.41, 5.74) is 3.20. The highest BCUT2D eigenvalue weighted by atomic mass is 32.1. The van der Waals surface area contributed by atoms with E-state index in [9.17, 15) is 4.79 Å². The zero-order valence-corrected chi connectivity index (χ0v) is 17.0. The molecule has 1 saturated carbocycles. The number of nitrogens with one attached hydrogen (secondary N) is 2. The Morgan fingerprint density at radius 3 is 2.78 bits per heavy atom. The summed E-state index contributed by atoms with van der Waals surface area (Å²) < 4.78 is 0. The fraction of sp³-hybridized carbons (Fsp3) is 0.545. The van der Waals surface area contributed by atoms with Crippen LogP contribution in [0.4, 0.5) is 5.69 Å². The summed E-state index contributed by atoms with van der Waals surface area (Å²) in [5, 5.41) is 6.03. The molecule has 2 heterocycles. The number of aromatic nitrogens is 1. The molecule has 1 amide bonds. The van der Waals surface area contributed by atoms with Crippen LogP contribution in [0.5, 0.6) is 0 Å². The highest BCUT2D eigenvalue weighted by Crippen LogP contribution is 2.32. The average molecular weight is 385 g/mol. The third-order valence-electron chi connectivity index (χ3n) is 6.16. The molecule has 3 atom stereocenters. The third-order valence-corrected chi connectivity index (χ3v) is 7.06. The number of carbonyl (C=O) groups is 1. The van der Waals surface area contributed by atoms with Gasteiger partial charge in [-0.3, -0.25) is 4.79 Å². The van der Waals surface area contributed by atoms with E-state index >= 15 is 0 Å². The lowest BCUT2D eigenvalue weighted by Gasteiger charge is -2.38. The number of benzene rings is 1. The van der Waals surface area contributed by atoms with Crippen molar-refractivity contribution in [1.82, 2.24) is 4.98 Å². The van der Waals surface area contributed by atoms with Gasteiger partial charge in [0.05, 0.1) is 19.5 Å². The van der Waals surface area contributed by atoms with Crippen LogP contribution < -0.4 is 10.2 Å². The van der Waals surface area contributed by atoms with Gasteiger partial charge in [0.2, 0.25) is 5.91 Å². The Bertz CT molecular complexity index is 770. The summed E-state index contributed by atoms with van der Waals surface area (Å²) in [6.07, 6.45) is 7.49. The maximum absolute atomic E-state index is 12.3. The van der Waals surface area contributed by atoms with E-state index in [1.165, 1.54) is 50.8 Å². The van der Waals surface area contributed by atoms with Crippen molar-refractivity contribution in [1.29, 1.82) is 0 Å². The van der Waals surface area contributed by atoms with Gasteiger partial charge in [-0.2, -0.15) is 0 Å². The number of amides is 1. The maximum Gasteiger partial charge on any atom is 0.231 e. The molecule has 1 aromatic carbocycles. The second-order valence-corrected chi connectivity index (χ2v) is 9.24. The second kappa shape index (κ2) is 8.53. The molecule has 1 unspecified atom stereocenters. The molecule has 0 bridgehead atoms.